The van der Waals surface area contributed by atoms with Gasteiger partial charge in [0.1, 0.15) is 17.5 Å². The highest BCUT2D eigenvalue weighted by Crippen LogP contribution is 2.14. The number of amides is 1. The Balaban J connectivity index is 1.91. The molecule has 27 heavy (non-hydrogen) atoms. The first kappa shape index (κ1) is 20.6. The van der Waals surface area contributed by atoms with Crippen LogP contribution in [0, 0.1) is 6.92 Å². The van der Waals surface area contributed by atoms with Crippen molar-refractivity contribution in [3.8, 4) is 0 Å². The lowest BCUT2D eigenvalue weighted by molar-refractivity contribution is -0.114. The van der Waals surface area contributed by atoms with Crippen molar-refractivity contribution in [2.75, 3.05) is 42.7 Å². The van der Waals surface area contributed by atoms with Gasteiger partial charge in [-0.1, -0.05) is 0 Å². The number of rotatable bonds is 8. The van der Waals surface area contributed by atoms with E-state index in [1.54, 1.807) is 25.1 Å². The average molecular weight is 392 g/mol. The van der Waals surface area contributed by atoms with Crippen molar-refractivity contribution >= 4 is 33.3 Å². The van der Waals surface area contributed by atoms with Crippen LogP contribution in [0.5, 0.6) is 0 Å². The predicted molar refractivity (Wildman–Crippen MR) is 106 cm³/mol. The number of anilines is 3. The fourth-order valence-electron chi connectivity index (χ4n) is 2.25. The van der Waals surface area contributed by atoms with Gasteiger partial charge in [-0.3, -0.25) is 4.79 Å². The maximum atomic E-state index is 12.3. The molecule has 0 aliphatic rings. The van der Waals surface area contributed by atoms with Crippen LogP contribution in [0.25, 0.3) is 0 Å². The number of benzene rings is 1. The zero-order valence-electron chi connectivity index (χ0n) is 15.8. The van der Waals surface area contributed by atoms with Crippen molar-refractivity contribution in [1.29, 1.82) is 0 Å². The second kappa shape index (κ2) is 8.78. The monoisotopic (exact) mass is 392 g/mol. The number of nitrogens with zero attached hydrogens (tertiary/aromatic N) is 3. The minimum Gasteiger partial charge on any atom is -0.369 e. The molecule has 0 aliphatic carbocycles. The van der Waals surface area contributed by atoms with Gasteiger partial charge in [-0.25, -0.2) is 23.1 Å². The van der Waals surface area contributed by atoms with Gasteiger partial charge in [0.2, 0.25) is 15.9 Å². The van der Waals surface area contributed by atoms with Crippen LogP contribution in [0.1, 0.15) is 12.7 Å². The lowest BCUT2D eigenvalue weighted by Gasteiger charge is -2.14. The molecule has 146 valence electrons. The Morgan fingerprint density at radius 3 is 2.37 bits per heavy atom. The second-order valence-corrected chi connectivity index (χ2v) is 7.85. The minimum atomic E-state index is -3.63. The van der Waals surface area contributed by atoms with Gasteiger partial charge in [0.15, 0.2) is 0 Å². The number of nitrogens with one attached hydrogen (secondary N) is 3. The van der Waals surface area contributed by atoms with E-state index in [1.807, 2.05) is 19.0 Å². The first-order valence-electron chi connectivity index (χ1n) is 8.31. The first-order valence-corrected chi connectivity index (χ1v) is 9.80. The predicted octanol–water partition coefficient (Wildman–Crippen LogP) is 1.20. The molecular formula is C17H24N6O3S. The summed E-state index contributed by atoms with van der Waals surface area (Å²) in [5.41, 5.74) is 0.541. The molecule has 2 rings (SSSR count). The molecule has 9 nitrogen and oxygen atoms in total. The standard InChI is InChI=1S/C17H24N6O3S/c1-12-20-16(11-17(21-12)23(3)4)18-9-10-19-27(25,26)15-7-5-14(6-8-15)22-13(2)24/h5-8,11,19H,9-10H2,1-4H3,(H,22,24)(H,18,20,21). The summed E-state index contributed by atoms with van der Waals surface area (Å²) in [6.45, 7) is 3.74. The molecule has 3 N–H and O–H groups in total. The molecule has 0 saturated carbocycles. The molecule has 0 fully saturated rings. The van der Waals surface area contributed by atoms with E-state index in [0.717, 1.165) is 5.82 Å². The zero-order chi connectivity index (χ0) is 20.0. The Hall–Kier alpha value is -2.72. The summed E-state index contributed by atoms with van der Waals surface area (Å²) >= 11 is 0. The molecule has 10 heteroatoms. The van der Waals surface area contributed by atoms with Gasteiger partial charge in [-0.2, -0.15) is 0 Å². The highest BCUT2D eigenvalue weighted by Gasteiger charge is 2.13. The number of aromatic nitrogens is 2. The lowest BCUT2D eigenvalue weighted by atomic mass is 10.3. The van der Waals surface area contributed by atoms with Crippen LogP contribution >= 0.6 is 0 Å². The van der Waals surface area contributed by atoms with Crippen molar-refractivity contribution in [2.24, 2.45) is 0 Å². The Morgan fingerprint density at radius 2 is 1.78 bits per heavy atom. The molecule has 0 aliphatic heterocycles. The Kier molecular flexibility index (Phi) is 6.70. The number of hydrogen-bond donors (Lipinski definition) is 3. The van der Waals surface area contributed by atoms with E-state index < -0.39 is 10.0 Å². The molecule has 1 heterocycles. The van der Waals surface area contributed by atoms with Gasteiger partial charge in [0.25, 0.3) is 0 Å². The third-order valence-electron chi connectivity index (χ3n) is 3.49. The van der Waals surface area contributed by atoms with E-state index in [-0.39, 0.29) is 17.3 Å². The van der Waals surface area contributed by atoms with Crippen molar-refractivity contribution in [3.05, 3.63) is 36.2 Å². The highest BCUT2D eigenvalue weighted by molar-refractivity contribution is 7.89. The van der Waals surface area contributed by atoms with Gasteiger partial charge in [-0.15, -0.1) is 0 Å². The third kappa shape index (κ3) is 6.19. The summed E-state index contributed by atoms with van der Waals surface area (Å²) in [6.07, 6.45) is 0. The molecule has 1 aromatic carbocycles. The smallest absolute Gasteiger partial charge is 0.240 e. The van der Waals surface area contributed by atoms with Crippen LogP contribution in [-0.2, 0) is 14.8 Å². The minimum absolute atomic E-state index is 0.129. The molecule has 1 amide bonds. The van der Waals surface area contributed by atoms with Crippen molar-refractivity contribution in [1.82, 2.24) is 14.7 Å². The molecule has 0 saturated heterocycles. The van der Waals surface area contributed by atoms with E-state index in [2.05, 4.69) is 25.3 Å². The highest BCUT2D eigenvalue weighted by atomic mass is 32.2. The van der Waals surface area contributed by atoms with Crippen molar-refractivity contribution in [2.45, 2.75) is 18.7 Å². The molecular weight excluding hydrogens is 368 g/mol. The second-order valence-electron chi connectivity index (χ2n) is 6.08. The SMILES string of the molecule is CC(=O)Nc1ccc(S(=O)(=O)NCCNc2cc(N(C)C)nc(C)n2)cc1. The van der Waals surface area contributed by atoms with Crippen LogP contribution in [0.2, 0.25) is 0 Å². The fraction of sp³-hybridized carbons (Fsp3) is 0.353. The number of sulfonamides is 1. The first-order chi connectivity index (χ1) is 12.7. The van der Waals surface area contributed by atoms with Crippen molar-refractivity contribution in [3.63, 3.8) is 0 Å². The maximum Gasteiger partial charge on any atom is 0.240 e. The van der Waals surface area contributed by atoms with Crippen molar-refractivity contribution < 1.29 is 13.2 Å². The lowest BCUT2D eigenvalue weighted by Crippen LogP contribution is -2.29. The van der Waals surface area contributed by atoms with Crippen LogP contribution in [0.15, 0.2) is 35.2 Å². The topological polar surface area (TPSA) is 116 Å². The maximum absolute atomic E-state index is 12.3. The quantitative estimate of drug-likeness (QED) is 0.578. The molecule has 1 aromatic heterocycles. The molecule has 0 spiro atoms. The Bertz CT molecular complexity index is 897. The summed E-state index contributed by atoms with van der Waals surface area (Å²) in [5, 5.41) is 5.67. The largest absolute Gasteiger partial charge is 0.369 e. The summed E-state index contributed by atoms with van der Waals surface area (Å²) in [7, 11) is 0.138. The average Bonchev–Trinajstić information content (AvgIpc) is 2.58. The van der Waals surface area contributed by atoms with Crippen LogP contribution in [-0.4, -0.2) is 51.5 Å². The Morgan fingerprint density at radius 1 is 1.11 bits per heavy atom. The Labute approximate surface area is 159 Å². The molecule has 0 bridgehead atoms. The molecule has 0 atom stereocenters. The van der Waals surface area contributed by atoms with E-state index in [9.17, 15) is 13.2 Å². The third-order valence-corrected chi connectivity index (χ3v) is 4.97. The van der Waals surface area contributed by atoms with E-state index >= 15 is 0 Å². The van der Waals surface area contributed by atoms with Crippen LogP contribution < -0.4 is 20.3 Å². The summed E-state index contributed by atoms with van der Waals surface area (Å²) in [6, 6.07) is 7.76. The molecule has 0 radical (unpaired) electrons. The van der Waals surface area contributed by atoms with E-state index in [4.69, 9.17) is 0 Å². The molecule has 0 unspecified atom stereocenters. The van der Waals surface area contributed by atoms with Gasteiger partial charge in [-0.05, 0) is 31.2 Å². The number of carbonyl (C=O) groups excluding carboxylic acids is 1. The van der Waals surface area contributed by atoms with E-state index in [1.165, 1.54) is 19.1 Å². The fourth-order valence-corrected chi connectivity index (χ4v) is 3.28. The van der Waals surface area contributed by atoms with Crippen LogP contribution in [0.3, 0.4) is 0 Å². The summed E-state index contributed by atoms with van der Waals surface area (Å²) in [5.74, 6) is 1.81. The van der Waals surface area contributed by atoms with Gasteiger partial charge in [0, 0.05) is 45.9 Å². The summed E-state index contributed by atoms with van der Waals surface area (Å²) in [4.78, 5) is 21.6. The summed E-state index contributed by atoms with van der Waals surface area (Å²) < 4.78 is 27.2. The normalized spacial score (nSPS) is 11.1. The zero-order valence-corrected chi connectivity index (χ0v) is 16.6. The van der Waals surface area contributed by atoms with Gasteiger partial charge < -0.3 is 15.5 Å². The number of carbonyl (C=O) groups is 1. The van der Waals surface area contributed by atoms with E-state index in [0.29, 0.717) is 23.9 Å². The van der Waals surface area contributed by atoms with Gasteiger partial charge >= 0.3 is 0 Å². The van der Waals surface area contributed by atoms with Crippen LogP contribution in [0.4, 0.5) is 17.3 Å². The van der Waals surface area contributed by atoms with Gasteiger partial charge in [0.05, 0.1) is 4.90 Å². The molecule has 2 aromatic rings. The number of hydrogen-bond acceptors (Lipinski definition) is 7. The number of aryl methyl sites for hydroxylation is 1.